The number of carbonyl (C=O) groups is 1. The van der Waals surface area contributed by atoms with Gasteiger partial charge in [0.2, 0.25) is 5.91 Å². The first-order chi connectivity index (χ1) is 14.6. The number of carbonyl (C=O) groups excluding carboxylic acids is 1. The van der Waals surface area contributed by atoms with Gasteiger partial charge in [0, 0.05) is 14.5 Å². The number of benzene rings is 3. The average molecular weight is 622 g/mol. The number of hydrogen-bond donors (Lipinski definition) is 1. The standard InChI is InChI=1S/C24H20I2N2O2/c1-30-22-16(12-19(25)13-21(22)26)15-27-28-23(29)20-14-24(20,17-8-4-2-5-9-17)18-10-6-3-7-11-18/h2-13,15,20H,14H2,1H3,(H,28,29)/b27-15-/t20-/m0/s1. The van der Waals surface area contributed by atoms with Gasteiger partial charge in [-0.25, -0.2) is 5.43 Å². The van der Waals surface area contributed by atoms with E-state index in [1.807, 2.05) is 48.5 Å². The highest BCUT2D eigenvalue weighted by molar-refractivity contribution is 14.1. The first kappa shape index (κ1) is 21.3. The molecule has 0 saturated heterocycles. The molecular weight excluding hydrogens is 602 g/mol. The highest BCUT2D eigenvalue weighted by atomic mass is 127. The molecule has 1 aliphatic rings. The molecule has 1 fully saturated rings. The second kappa shape index (κ2) is 9.05. The summed E-state index contributed by atoms with van der Waals surface area (Å²) >= 11 is 4.49. The minimum Gasteiger partial charge on any atom is -0.495 e. The fourth-order valence-corrected chi connectivity index (χ4v) is 6.10. The lowest BCUT2D eigenvalue weighted by Crippen LogP contribution is -2.25. The molecule has 0 unspecified atom stereocenters. The minimum atomic E-state index is -0.294. The predicted molar refractivity (Wildman–Crippen MR) is 136 cm³/mol. The number of methoxy groups -OCH3 is 1. The molecule has 3 aromatic rings. The Balaban J connectivity index is 1.56. The molecule has 3 aromatic carbocycles. The molecule has 4 nitrogen and oxygen atoms in total. The molecule has 6 heteroatoms. The van der Waals surface area contributed by atoms with E-state index in [4.69, 9.17) is 4.74 Å². The Morgan fingerprint density at radius 2 is 1.67 bits per heavy atom. The van der Waals surface area contributed by atoms with Crippen LogP contribution in [0.15, 0.2) is 77.9 Å². The normalized spacial score (nSPS) is 17.0. The monoisotopic (exact) mass is 622 g/mol. The van der Waals surface area contributed by atoms with Gasteiger partial charge < -0.3 is 4.74 Å². The van der Waals surface area contributed by atoms with Crippen LogP contribution in [0.1, 0.15) is 23.1 Å². The van der Waals surface area contributed by atoms with Gasteiger partial charge in [-0.15, -0.1) is 0 Å². The lowest BCUT2D eigenvalue weighted by molar-refractivity contribution is -0.122. The summed E-state index contributed by atoms with van der Waals surface area (Å²) in [6.45, 7) is 0. The van der Waals surface area contributed by atoms with Crippen LogP contribution < -0.4 is 10.2 Å². The number of halogens is 2. The molecule has 0 spiro atoms. The van der Waals surface area contributed by atoms with Crippen molar-refractivity contribution in [3.63, 3.8) is 0 Å². The van der Waals surface area contributed by atoms with Gasteiger partial charge in [0.05, 0.1) is 22.8 Å². The second-order valence-corrected chi connectivity index (χ2v) is 9.61. The smallest absolute Gasteiger partial charge is 0.244 e. The molecule has 0 heterocycles. The molecule has 0 aliphatic heterocycles. The van der Waals surface area contributed by atoms with Crippen molar-refractivity contribution in [2.24, 2.45) is 11.0 Å². The molecule has 1 saturated carbocycles. The van der Waals surface area contributed by atoms with Crippen molar-refractivity contribution in [2.75, 3.05) is 7.11 Å². The van der Waals surface area contributed by atoms with Gasteiger partial charge in [-0.1, -0.05) is 60.7 Å². The largest absolute Gasteiger partial charge is 0.495 e. The molecule has 1 N–H and O–H groups in total. The van der Waals surface area contributed by atoms with Crippen molar-refractivity contribution in [1.82, 2.24) is 5.43 Å². The third-order valence-corrected chi connectivity index (χ3v) is 6.90. The third-order valence-electron chi connectivity index (χ3n) is 5.47. The van der Waals surface area contributed by atoms with Crippen molar-refractivity contribution in [1.29, 1.82) is 0 Å². The van der Waals surface area contributed by atoms with Crippen molar-refractivity contribution >= 4 is 57.3 Å². The van der Waals surface area contributed by atoms with Gasteiger partial charge in [0.25, 0.3) is 0 Å². The van der Waals surface area contributed by atoms with Gasteiger partial charge in [-0.05, 0) is 74.9 Å². The second-order valence-electron chi connectivity index (χ2n) is 7.20. The molecule has 1 atom stereocenters. The van der Waals surface area contributed by atoms with E-state index in [0.717, 1.165) is 36.0 Å². The highest BCUT2D eigenvalue weighted by Crippen LogP contribution is 2.58. The molecule has 30 heavy (non-hydrogen) atoms. The van der Waals surface area contributed by atoms with Crippen LogP contribution in [0.25, 0.3) is 0 Å². The molecule has 152 valence electrons. The Labute approximate surface area is 203 Å². The van der Waals surface area contributed by atoms with Crippen LogP contribution in [0.5, 0.6) is 5.75 Å². The summed E-state index contributed by atoms with van der Waals surface area (Å²) in [5, 5.41) is 4.24. The van der Waals surface area contributed by atoms with E-state index < -0.39 is 0 Å². The fraction of sp³-hybridized carbons (Fsp3) is 0.167. The van der Waals surface area contributed by atoms with E-state index in [1.54, 1.807) is 13.3 Å². The van der Waals surface area contributed by atoms with Gasteiger partial charge in [-0.2, -0.15) is 5.10 Å². The average Bonchev–Trinajstić information content (AvgIpc) is 3.52. The van der Waals surface area contributed by atoms with Gasteiger partial charge in [-0.3, -0.25) is 4.79 Å². The maximum atomic E-state index is 13.0. The van der Waals surface area contributed by atoms with E-state index >= 15 is 0 Å². The van der Waals surface area contributed by atoms with E-state index in [2.05, 4.69) is 80.0 Å². The van der Waals surface area contributed by atoms with E-state index in [9.17, 15) is 4.79 Å². The molecule has 0 aromatic heterocycles. The molecule has 0 radical (unpaired) electrons. The summed E-state index contributed by atoms with van der Waals surface area (Å²) in [5.41, 5.74) is 5.61. The van der Waals surface area contributed by atoms with Gasteiger partial charge in [0.15, 0.2) is 0 Å². The highest BCUT2D eigenvalue weighted by Gasteiger charge is 2.60. The van der Waals surface area contributed by atoms with Crippen LogP contribution in [0.4, 0.5) is 0 Å². The Morgan fingerprint density at radius 3 is 2.23 bits per heavy atom. The number of hydrogen-bond acceptors (Lipinski definition) is 3. The molecular formula is C24H20I2N2O2. The van der Waals surface area contributed by atoms with Crippen molar-refractivity contribution in [3.05, 3.63) is 96.6 Å². The topological polar surface area (TPSA) is 50.7 Å². The first-order valence-corrected chi connectivity index (χ1v) is 11.7. The van der Waals surface area contributed by atoms with Crippen LogP contribution in [0, 0.1) is 13.1 Å². The summed E-state index contributed by atoms with van der Waals surface area (Å²) in [7, 11) is 1.64. The lowest BCUT2D eigenvalue weighted by atomic mass is 9.85. The summed E-state index contributed by atoms with van der Waals surface area (Å²) in [4.78, 5) is 13.0. The van der Waals surface area contributed by atoms with Crippen molar-refractivity contribution < 1.29 is 9.53 Å². The molecule has 4 rings (SSSR count). The Hall–Kier alpha value is -1.94. The zero-order valence-electron chi connectivity index (χ0n) is 16.3. The van der Waals surface area contributed by atoms with E-state index in [-0.39, 0.29) is 17.2 Å². The molecule has 1 aliphatic carbocycles. The zero-order chi connectivity index (χ0) is 21.1. The lowest BCUT2D eigenvalue weighted by Gasteiger charge is -2.18. The van der Waals surface area contributed by atoms with Gasteiger partial charge >= 0.3 is 0 Å². The van der Waals surface area contributed by atoms with E-state index in [1.165, 1.54) is 0 Å². The van der Waals surface area contributed by atoms with Crippen LogP contribution >= 0.6 is 45.2 Å². The quantitative estimate of drug-likeness (QED) is 0.229. The SMILES string of the molecule is COc1c(I)cc(I)cc1/C=N\NC(=O)[C@@H]1CC1(c1ccccc1)c1ccccc1. The number of hydrazone groups is 1. The number of rotatable bonds is 6. The van der Waals surface area contributed by atoms with Crippen LogP contribution in [0.2, 0.25) is 0 Å². The molecule has 1 amide bonds. The fourth-order valence-electron chi connectivity index (χ4n) is 3.99. The number of nitrogens with one attached hydrogen (secondary N) is 1. The van der Waals surface area contributed by atoms with Crippen LogP contribution in [-0.2, 0) is 10.2 Å². The van der Waals surface area contributed by atoms with Gasteiger partial charge in [0.1, 0.15) is 5.75 Å². The summed E-state index contributed by atoms with van der Waals surface area (Å²) < 4.78 is 7.57. The number of nitrogens with zero attached hydrogens (tertiary/aromatic N) is 1. The Morgan fingerprint density at radius 1 is 1.07 bits per heavy atom. The summed E-state index contributed by atoms with van der Waals surface area (Å²) in [6.07, 6.45) is 2.42. The minimum absolute atomic E-state index is 0.0711. The van der Waals surface area contributed by atoms with Crippen LogP contribution in [-0.4, -0.2) is 19.2 Å². The van der Waals surface area contributed by atoms with Crippen molar-refractivity contribution in [2.45, 2.75) is 11.8 Å². The zero-order valence-corrected chi connectivity index (χ0v) is 20.6. The first-order valence-electron chi connectivity index (χ1n) is 9.53. The summed E-state index contributed by atoms with van der Waals surface area (Å²) in [5.74, 6) is 0.527. The Kier molecular flexibility index (Phi) is 6.43. The third kappa shape index (κ3) is 4.12. The van der Waals surface area contributed by atoms with E-state index in [0.29, 0.717) is 0 Å². The summed E-state index contributed by atoms with van der Waals surface area (Å²) in [6, 6.07) is 24.5. The molecule has 0 bridgehead atoms. The predicted octanol–water partition coefficient (Wildman–Crippen LogP) is 5.36. The van der Waals surface area contributed by atoms with Crippen LogP contribution in [0.3, 0.4) is 0 Å². The van der Waals surface area contributed by atoms with Crippen molar-refractivity contribution in [3.8, 4) is 5.75 Å². The maximum absolute atomic E-state index is 13.0. The maximum Gasteiger partial charge on any atom is 0.244 e. The number of ether oxygens (including phenoxy) is 1. The Bertz CT molecular complexity index is 1050. The number of amides is 1.